The molecule has 0 aromatic carbocycles. The predicted octanol–water partition coefficient (Wildman–Crippen LogP) is 1.14. The molecule has 1 atom stereocenters. The molecule has 2 nitrogen and oxygen atoms in total. The van der Waals surface area contributed by atoms with E-state index in [1.807, 2.05) is 0 Å². The predicted molar refractivity (Wildman–Crippen MR) is 48.8 cm³/mol. The number of carbonyl (C=O) groups is 1. The summed E-state index contributed by atoms with van der Waals surface area (Å²) in [6.45, 7) is 1.78. The maximum Gasteiger partial charge on any atom is 0.232 e. The summed E-state index contributed by atoms with van der Waals surface area (Å²) in [5, 5.41) is 2.70. The highest BCUT2D eigenvalue weighted by molar-refractivity contribution is 7.81. The second-order valence-electron chi connectivity index (χ2n) is 2.82. The smallest absolute Gasteiger partial charge is 0.232 e. The van der Waals surface area contributed by atoms with E-state index in [1.165, 1.54) is 0 Å². The van der Waals surface area contributed by atoms with Crippen LogP contribution < -0.4 is 5.32 Å². The van der Waals surface area contributed by atoms with E-state index >= 15 is 0 Å². The summed E-state index contributed by atoms with van der Waals surface area (Å²) in [6.07, 6.45) is 6.11. The van der Waals surface area contributed by atoms with Gasteiger partial charge in [0.05, 0.1) is 5.25 Å². The molecule has 0 aliphatic heterocycles. The number of thiol groups is 1. The van der Waals surface area contributed by atoms with Gasteiger partial charge in [0.1, 0.15) is 0 Å². The van der Waals surface area contributed by atoms with Crippen molar-refractivity contribution in [3.8, 4) is 0 Å². The van der Waals surface area contributed by atoms with Gasteiger partial charge in [-0.1, -0.05) is 12.2 Å². The van der Waals surface area contributed by atoms with Crippen molar-refractivity contribution >= 4 is 18.5 Å². The van der Waals surface area contributed by atoms with Crippen molar-refractivity contribution in [3.63, 3.8) is 0 Å². The van der Waals surface area contributed by atoms with Gasteiger partial charge in [-0.05, 0) is 19.8 Å². The lowest BCUT2D eigenvalue weighted by atomic mass is 10.2. The average molecular weight is 171 g/mol. The van der Waals surface area contributed by atoms with Gasteiger partial charge >= 0.3 is 0 Å². The highest BCUT2D eigenvalue weighted by Crippen LogP contribution is 2.09. The third-order valence-corrected chi connectivity index (χ3v) is 1.97. The van der Waals surface area contributed by atoms with Crippen molar-refractivity contribution in [2.45, 2.75) is 31.1 Å². The molecule has 11 heavy (non-hydrogen) atoms. The van der Waals surface area contributed by atoms with E-state index in [0.717, 1.165) is 12.8 Å². The van der Waals surface area contributed by atoms with Gasteiger partial charge in [-0.15, -0.1) is 0 Å². The zero-order chi connectivity index (χ0) is 8.27. The molecule has 3 heteroatoms. The Bertz CT molecular complexity index is 169. The molecule has 1 N–H and O–H groups in total. The molecule has 62 valence electrons. The Morgan fingerprint density at radius 3 is 2.64 bits per heavy atom. The van der Waals surface area contributed by atoms with E-state index in [4.69, 9.17) is 0 Å². The topological polar surface area (TPSA) is 29.1 Å². The Balaban J connectivity index is 2.25. The van der Waals surface area contributed by atoms with E-state index in [9.17, 15) is 4.79 Å². The van der Waals surface area contributed by atoms with E-state index in [2.05, 4.69) is 30.1 Å². The van der Waals surface area contributed by atoms with Gasteiger partial charge in [-0.25, -0.2) is 0 Å². The van der Waals surface area contributed by atoms with Gasteiger partial charge in [0, 0.05) is 6.04 Å². The van der Waals surface area contributed by atoms with E-state index < -0.39 is 0 Å². The molecule has 0 heterocycles. The summed E-state index contributed by atoms with van der Waals surface area (Å²) in [5.41, 5.74) is 0. The summed E-state index contributed by atoms with van der Waals surface area (Å²) in [4.78, 5) is 11.1. The van der Waals surface area contributed by atoms with Crippen LogP contribution in [0.15, 0.2) is 12.2 Å². The van der Waals surface area contributed by atoms with Crippen LogP contribution in [0.1, 0.15) is 19.8 Å². The van der Waals surface area contributed by atoms with Crippen LogP contribution in [0.4, 0.5) is 0 Å². The molecule has 0 saturated carbocycles. The third kappa shape index (κ3) is 2.58. The number of hydrogen-bond donors (Lipinski definition) is 2. The highest BCUT2D eigenvalue weighted by atomic mass is 32.1. The van der Waals surface area contributed by atoms with E-state index in [-0.39, 0.29) is 11.2 Å². The lowest BCUT2D eigenvalue weighted by molar-refractivity contribution is -0.120. The fraction of sp³-hybridized carbons (Fsp3) is 0.625. The number of nitrogens with one attached hydrogen (secondary N) is 1. The largest absolute Gasteiger partial charge is 0.352 e. The van der Waals surface area contributed by atoms with Crippen molar-refractivity contribution < 1.29 is 4.79 Å². The average Bonchev–Trinajstić information content (AvgIpc) is 2.39. The minimum absolute atomic E-state index is 0.0297. The zero-order valence-corrected chi connectivity index (χ0v) is 7.47. The summed E-state index contributed by atoms with van der Waals surface area (Å²) >= 11 is 4.03. The molecule has 1 rings (SSSR count). The Kier molecular flexibility index (Phi) is 3.00. The standard InChI is InChI=1S/C8H13NOS/c1-6(11)8(10)9-7-4-2-3-5-7/h2-3,6-7,11H,4-5H2,1H3,(H,9,10). The van der Waals surface area contributed by atoms with Crippen LogP contribution in [0.25, 0.3) is 0 Å². The maximum atomic E-state index is 11.1. The molecule has 0 fully saturated rings. The Morgan fingerprint density at radius 1 is 1.64 bits per heavy atom. The molecule has 1 unspecified atom stereocenters. The summed E-state index contributed by atoms with van der Waals surface area (Å²) < 4.78 is 0. The van der Waals surface area contributed by atoms with Crippen molar-refractivity contribution in [2.75, 3.05) is 0 Å². The molecule has 0 aromatic rings. The van der Waals surface area contributed by atoms with Crippen LogP contribution in [-0.2, 0) is 4.79 Å². The normalized spacial score (nSPS) is 20.2. The Hall–Kier alpha value is -0.440. The van der Waals surface area contributed by atoms with Crippen LogP contribution in [0.2, 0.25) is 0 Å². The first-order valence-electron chi connectivity index (χ1n) is 3.83. The number of rotatable bonds is 2. The molecular formula is C8H13NOS. The first-order chi connectivity index (χ1) is 5.20. The van der Waals surface area contributed by atoms with Gasteiger partial charge in [0.15, 0.2) is 0 Å². The van der Waals surface area contributed by atoms with Gasteiger partial charge in [-0.3, -0.25) is 4.79 Å². The molecule has 0 spiro atoms. The fourth-order valence-corrected chi connectivity index (χ4v) is 1.13. The van der Waals surface area contributed by atoms with Crippen LogP contribution >= 0.6 is 12.6 Å². The lowest BCUT2D eigenvalue weighted by Gasteiger charge is -2.12. The summed E-state index contributed by atoms with van der Waals surface area (Å²) in [7, 11) is 0. The second kappa shape index (κ2) is 3.81. The number of carbonyl (C=O) groups excluding carboxylic acids is 1. The van der Waals surface area contributed by atoms with E-state index in [0.29, 0.717) is 6.04 Å². The maximum absolute atomic E-state index is 11.1. The minimum Gasteiger partial charge on any atom is -0.352 e. The third-order valence-electron chi connectivity index (χ3n) is 1.73. The van der Waals surface area contributed by atoms with Crippen molar-refractivity contribution in [1.29, 1.82) is 0 Å². The zero-order valence-electron chi connectivity index (χ0n) is 6.58. The van der Waals surface area contributed by atoms with E-state index in [1.54, 1.807) is 6.92 Å². The summed E-state index contributed by atoms with van der Waals surface area (Å²) in [5.74, 6) is 0.0297. The minimum atomic E-state index is -0.199. The van der Waals surface area contributed by atoms with Gasteiger partial charge in [-0.2, -0.15) is 12.6 Å². The number of hydrogen-bond acceptors (Lipinski definition) is 2. The second-order valence-corrected chi connectivity index (χ2v) is 3.60. The fourth-order valence-electron chi connectivity index (χ4n) is 1.06. The first-order valence-corrected chi connectivity index (χ1v) is 4.35. The quantitative estimate of drug-likeness (QED) is 0.473. The van der Waals surface area contributed by atoms with Crippen LogP contribution in [0, 0.1) is 0 Å². The molecule has 1 aliphatic rings. The van der Waals surface area contributed by atoms with Gasteiger partial charge in [0.25, 0.3) is 0 Å². The Morgan fingerprint density at radius 2 is 2.18 bits per heavy atom. The van der Waals surface area contributed by atoms with Crippen molar-refractivity contribution in [2.24, 2.45) is 0 Å². The number of amides is 1. The van der Waals surface area contributed by atoms with Crippen molar-refractivity contribution in [3.05, 3.63) is 12.2 Å². The molecule has 0 saturated heterocycles. The van der Waals surface area contributed by atoms with Gasteiger partial charge < -0.3 is 5.32 Å². The lowest BCUT2D eigenvalue weighted by Crippen LogP contribution is -2.37. The molecule has 1 amide bonds. The molecule has 0 bridgehead atoms. The van der Waals surface area contributed by atoms with Crippen molar-refractivity contribution in [1.82, 2.24) is 5.32 Å². The monoisotopic (exact) mass is 171 g/mol. The van der Waals surface area contributed by atoms with Crippen LogP contribution in [-0.4, -0.2) is 17.2 Å². The molecule has 0 aromatic heterocycles. The molecule has 0 radical (unpaired) electrons. The summed E-state index contributed by atoms with van der Waals surface area (Å²) in [6, 6.07) is 0.317. The highest BCUT2D eigenvalue weighted by Gasteiger charge is 2.15. The van der Waals surface area contributed by atoms with Crippen LogP contribution in [0.3, 0.4) is 0 Å². The Labute approximate surface area is 72.5 Å². The van der Waals surface area contributed by atoms with Gasteiger partial charge in [0.2, 0.25) is 5.91 Å². The first kappa shape index (κ1) is 8.65. The molecular weight excluding hydrogens is 158 g/mol. The SMILES string of the molecule is CC(S)C(=O)NC1CC=CC1. The molecule has 1 aliphatic carbocycles. The van der Waals surface area contributed by atoms with Crippen LogP contribution in [0.5, 0.6) is 0 Å².